The largest absolute Gasteiger partial charge is 0.506 e. The molecule has 0 aliphatic carbocycles. The molecular formula is C43H48Cl2F6O8. The van der Waals surface area contributed by atoms with Crippen molar-refractivity contribution < 1.29 is 65.0 Å². The standard InChI is InChI=1S/C28H32ClF3O6.C15H16ClF3O2/c1-5-26(4,25(33)34)37-19-11-9-18(10-12-19)35-13-8-14-36-24-16-23-20(15-22(24)29)21(28(30,31)32)17-27(6-2,7-3)38-23;1-4-14(5-2)8(3)13(15(17,18)19)9-6-10(16)11(20)7-12(9)21-14/h9-12,15-17H,5-8,13-14H2,1-4H3,(H,33,34);6-7,20H,4-5H2,1-3H3. The summed E-state index contributed by atoms with van der Waals surface area (Å²) in [5.41, 5.74) is -4.96. The van der Waals surface area contributed by atoms with E-state index in [9.17, 15) is 41.4 Å². The Labute approximate surface area is 349 Å². The van der Waals surface area contributed by atoms with Crippen LogP contribution in [-0.4, -0.2) is 58.6 Å². The van der Waals surface area contributed by atoms with Crippen molar-refractivity contribution in [3.8, 4) is 34.5 Å². The minimum absolute atomic E-state index is 0.0125. The zero-order valence-corrected chi connectivity index (χ0v) is 35.2. The molecule has 0 saturated carbocycles. The number of carboxylic acids is 1. The van der Waals surface area contributed by atoms with Crippen LogP contribution in [0.2, 0.25) is 10.0 Å². The number of rotatable bonds is 14. The number of phenolic OH excluding ortho intramolecular Hbond substituents is 1. The fourth-order valence-electron chi connectivity index (χ4n) is 6.75. The van der Waals surface area contributed by atoms with Gasteiger partial charge in [-0.05, 0) is 94.0 Å². The summed E-state index contributed by atoms with van der Waals surface area (Å²) in [6.07, 6.45) is -5.58. The van der Waals surface area contributed by atoms with Crippen LogP contribution in [0.25, 0.3) is 11.1 Å². The predicted octanol–water partition coefficient (Wildman–Crippen LogP) is 13.0. The van der Waals surface area contributed by atoms with Crippen molar-refractivity contribution in [2.75, 3.05) is 13.2 Å². The van der Waals surface area contributed by atoms with Crippen LogP contribution in [0.4, 0.5) is 26.3 Å². The fourth-order valence-corrected chi connectivity index (χ4v) is 7.14. The highest BCUT2D eigenvalue weighted by atomic mass is 35.5. The molecule has 3 aromatic carbocycles. The van der Waals surface area contributed by atoms with Gasteiger partial charge < -0.3 is 33.9 Å². The lowest BCUT2D eigenvalue weighted by Crippen LogP contribution is -2.41. The molecule has 0 amide bonds. The lowest BCUT2D eigenvalue weighted by atomic mass is 9.81. The summed E-state index contributed by atoms with van der Waals surface area (Å²) in [6, 6.07) is 11.5. The molecule has 2 N–H and O–H groups in total. The first-order valence-electron chi connectivity index (χ1n) is 19.1. The van der Waals surface area contributed by atoms with Gasteiger partial charge in [-0.1, -0.05) is 57.8 Å². The Balaban J connectivity index is 0.000000308. The first-order valence-corrected chi connectivity index (χ1v) is 19.9. The molecule has 0 spiro atoms. The zero-order valence-electron chi connectivity index (χ0n) is 33.7. The molecule has 0 fully saturated rings. The Kier molecular flexibility index (Phi) is 14.8. The Morgan fingerprint density at radius 1 is 0.763 bits per heavy atom. The molecule has 59 heavy (non-hydrogen) atoms. The van der Waals surface area contributed by atoms with Gasteiger partial charge in [0.2, 0.25) is 5.60 Å². The van der Waals surface area contributed by atoms with Crippen LogP contribution in [0.3, 0.4) is 0 Å². The summed E-state index contributed by atoms with van der Waals surface area (Å²) in [4.78, 5) is 11.4. The molecule has 16 heteroatoms. The second-order valence-electron chi connectivity index (χ2n) is 14.3. The summed E-state index contributed by atoms with van der Waals surface area (Å²) in [6.45, 7) is 12.3. The van der Waals surface area contributed by atoms with Crippen LogP contribution in [0.15, 0.2) is 60.2 Å². The molecule has 2 aliphatic heterocycles. The van der Waals surface area contributed by atoms with Crippen molar-refractivity contribution in [3.05, 3.63) is 81.4 Å². The second kappa shape index (κ2) is 18.5. The predicted molar refractivity (Wildman–Crippen MR) is 214 cm³/mol. The number of aromatic hydroxyl groups is 1. The van der Waals surface area contributed by atoms with Gasteiger partial charge in [0.1, 0.15) is 45.7 Å². The van der Waals surface area contributed by atoms with E-state index >= 15 is 0 Å². The van der Waals surface area contributed by atoms with Gasteiger partial charge in [-0.3, -0.25) is 0 Å². The molecular weight excluding hydrogens is 829 g/mol. The van der Waals surface area contributed by atoms with Crippen LogP contribution in [0, 0.1) is 0 Å². The molecule has 5 rings (SSSR count). The third-order valence-electron chi connectivity index (χ3n) is 10.8. The minimum Gasteiger partial charge on any atom is -0.506 e. The number of hydrogen-bond donors (Lipinski definition) is 2. The molecule has 0 radical (unpaired) electrons. The van der Waals surface area contributed by atoms with E-state index in [2.05, 4.69) is 0 Å². The highest BCUT2D eigenvalue weighted by molar-refractivity contribution is 6.32. The normalized spacial score (nSPS) is 16.5. The van der Waals surface area contributed by atoms with E-state index in [0.29, 0.717) is 56.6 Å². The third-order valence-corrected chi connectivity index (χ3v) is 11.4. The lowest BCUT2D eigenvalue weighted by molar-refractivity contribution is -0.154. The van der Waals surface area contributed by atoms with E-state index in [-0.39, 0.29) is 56.4 Å². The maximum Gasteiger partial charge on any atom is 0.417 e. The smallest absolute Gasteiger partial charge is 0.417 e. The number of allylic oxidation sites excluding steroid dienone is 2. The lowest BCUT2D eigenvalue weighted by Gasteiger charge is -2.40. The molecule has 2 heterocycles. The summed E-state index contributed by atoms with van der Waals surface area (Å²) in [7, 11) is 0. The van der Waals surface area contributed by atoms with E-state index in [1.807, 2.05) is 0 Å². The number of aliphatic carboxylic acids is 1. The molecule has 8 nitrogen and oxygen atoms in total. The van der Waals surface area contributed by atoms with E-state index in [1.54, 1.807) is 58.9 Å². The van der Waals surface area contributed by atoms with Crippen LogP contribution < -0.4 is 23.7 Å². The van der Waals surface area contributed by atoms with E-state index < -0.39 is 46.3 Å². The van der Waals surface area contributed by atoms with Crippen LogP contribution in [0.5, 0.6) is 34.5 Å². The van der Waals surface area contributed by atoms with E-state index in [1.165, 1.54) is 26.0 Å². The number of ether oxygens (including phenoxy) is 5. The number of halogens is 8. The molecule has 3 aromatic rings. The number of benzene rings is 3. The van der Waals surface area contributed by atoms with Crippen LogP contribution in [-0.2, 0) is 4.79 Å². The van der Waals surface area contributed by atoms with E-state index in [4.69, 9.17) is 46.9 Å². The molecule has 0 bridgehead atoms. The van der Waals surface area contributed by atoms with Crippen molar-refractivity contribution in [2.24, 2.45) is 0 Å². The van der Waals surface area contributed by atoms with Crippen molar-refractivity contribution >= 4 is 40.3 Å². The Morgan fingerprint density at radius 2 is 1.32 bits per heavy atom. The Bertz CT molecular complexity index is 2040. The van der Waals surface area contributed by atoms with Crippen LogP contribution in [0.1, 0.15) is 98.1 Å². The Hall–Kier alpha value is -4.43. The molecule has 1 unspecified atom stereocenters. The van der Waals surface area contributed by atoms with E-state index in [0.717, 1.165) is 18.2 Å². The summed E-state index contributed by atoms with van der Waals surface area (Å²) >= 11 is 12.0. The quantitative estimate of drug-likeness (QED) is 0.122. The zero-order chi connectivity index (χ0) is 44.1. The van der Waals surface area contributed by atoms with Gasteiger partial charge in [0.25, 0.3) is 0 Å². The van der Waals surface area contributed by atoms with Gasteiger partial charge in [-0.15, -0.1) is 0 Å². The van der Waals surface area contributed by atoms with Crippen molar-refractivity contribution in [1.29, 1.82) is 0 Å². The number of hydrogen-bond acceptors (Lipinski definition) is 7. The average molecular weight is 878 g/mol. The summed E-state index contributed by atoms with van der Waals surface area (Å²) < 4.78 is 111. The number of alkyl halides is 6. The molecule has 0 aromatic heterocycles. The molecule has 1 atom stereocenters. The minimum atomic E-state index is -4.55. The maximum absolute atomic E-state index is 13.8. The van der Waals surface area contributed by atoms with Gasteiger partial charge in [0.15, 0.2) is 0 Å². The first-order chi connectivity index (χ1) is 27.5. The van der Waals surface area contributed by atoms with Crippen LogP contribution >= 0.6 is 23.2 Å². The van der Waals surface area contributed by atoms with Gasteiger partial charge in [0, 0.05) is 29.7 Å². The third kappa shape index (κ3) is 10.5. The van der Waals surface area contributed by atoms with Crippen molar-refractivity contribution in [1.82, 2.24) is 0 Å². The summed E-state index contributed by atoms with van der Waals surface area (Å²) in [5, 5.41) is 18.9. The number of fused-ring (bicyclic) bond motifs is 2. The highest BCUT2D eigenvalue weighted by Crippen LogP contribution is 2.52. The van der Waals surface area contributed by atoms with Gasteiger partial charge in [0.05, 0.1) is 34.4 Å². The second-order valence-corrected chi connectivity index (χ2v) is 15.1. The summed E-state index contributed by atoms with van der Waals surface area (Å²) in [5.74, 6) is -0.0322. The maximum atomic E-state index is 13.8. The molecule has 0 saturated heterocycles. The van der Waals surface area contributed by atoms with Crippen molar-refractivity contribution in [3.63, 3.8) is 0 Å². The molecule has 324 valence electrons. The topological polar surface area (TPSA) is 104 Å². The Morgan fingerprint density at radius 3 is 1.85 bits per heavy atom. The van der Waals surface area contributed by atoms with Gasteiger partial charge in [-0.25, -0.2) is 4.79 Å². The fraction of sp³-hybridized carbons (Fsp3) is 0.465. The van der Waals surface area contributed by atoms with Gasteiger partial charge >= 0.3 is 18.3 Å². The SMILES string of the molecule is CCC1(CC)C=C(C(F)(F)F)c2cc(Cl)c(OCCCOc3ccc(OC(C)(CC)C(=O)O)cc3)cc2O1.CCC1(CC)Oc2cc(O)c(Cl)cc2C(C(F)(F)F)=C1C. The molecule has 2 aliphatic rings. The highest BCUT2D eigenvalue weighted by Gasteiger charge is 2.48. The van der Waals surface area contributed by atoms with Gasteiger partial charge in [-0.2, -0.15) is 26.3 Å². The monoisotopic (exact) mass is 876 g/mol. The number of carbonyl (C=O) groups is 1. The number of carboxylic acid groups (broad SMARTS) is 1. The first kappa shape index (κ1) is 47.3. The average Bonchev–Trinajstić information content (AvgIpc) is 3.18. The number of phenols is 1. The van der Waals surface area contributed by atoms with Crippen molar-refractivity contribution in [2.45, 2.75) is 116 Å².